The number of hydrogen-bond donors (Lipinski definition) is 1. The fourth-order valence-electron chi connectivity index (χ4n) is 3.27. The number of azide groups is 1. The van der Waals surface area contributed by atoms with Crippen LogP contribution in [-0.4, -0.2) is 56.0 Å². The number of rotatable bonds is 4. The number of nitrogens with zero attached hydrogens (tertiary/aromatic N) is 3. The molecule has 0 radical (unpaired) electrons. The van der Waals surface area contributed by atoms with Gasteiger partial charge in [0, 0.05) is 0 Å². The van der Waals surface area contributed by atoms with Crippen LogP contribution in [0.4, 0.5) is 0 Å². The maximum absolute atomic E-state index is 10.9. The van der Waals surface area contributed by atoms with E-state index in [0.717, 1.165) is 10.0 Å². The van der Waals surface area contributed by atoms with Crippen LogP contribution in [0.2, 0.25) is 0 Å². The third-order valence-electron chi connectivity index (χ3n) is 4.59. The van der Waals surface area contributed by atoms with Crippen molar-refractivity contribution in [1.82, 2.24) is 0 Å². The molecule has 1 N–H and O–H groups in total. The van der Waals surface area contributed by atoms with Gasteiger partial charge in [-0.05, 0) is 0 Å². The van der Waals surface area contributed by atoms with E-state index in [0.29, 0.717) is 6.61 Å². The molecule has 7 nitrogen and oxygen atoms in total. The molecule has 8 heteroatoms. The summed E-state index contributed by atoms with van der Waals surface area (Å²) in [5, 5.41) is 14.3. The van der Waals surface area contributed by atoms with Crippen molar-refractivity contribution < 1.29 is 19.3 Å². The van der Waals surface area contributed by atoms with E-state index in [2.05, 4.69) is 10.0 Å². The molecular weight excluding hydrogens is 413 g/mol. The zero-order chi connectivity index (χ0) is 18.6. The molecule has 4 rings (SSSR count). The summed E-state index contributed by atoms with van der Waals surface area (Å²) in [6, 6.07) is 18.7. The second kappa shape index (κ2) is 8.42. The fraction of sp³-hybridized carbons (Fsp3) is 0.368. The van der Waals surface area contributed by atoms with Crippen LogP contribution >= 0.6 is 0 Å². The van der Waals surface area contributed by atoms with Gasteiger partial charge in [-0.3, -0.25) is 0 Å². The van der Waals surface area contributed by atoms with Gasteiger partial charge in [0.15, 0.2) is 0 Å². The minimum absolute atomic E-state index is 0.123. The van der Waals surface area contributed by atoms with Crippen LogP contribution < -0.4 is 4.46 Å². The van der Waals surface area contributed by atoms with Crippen molar-refractivity contribution in [2.75, 3.05) is 6.61 Å². The summed E-state index contributed by atoms with van der Waals surface area (Å²) < 4.78 is 19.1. The average Bonchev–Trinajstić information content (AvgIpc) is 2.72. The van der Waals surface area contributed by atoms with Gasteiger partial charge in [-0.1, -0.05) is 0 Å². The van der Waals surface area contributed by atoms with E-state index in [1.54, 1.807) is 0 Å². The predicted molar refractivity (Wildman–Crippen MR) is 99.4 cm³/mol. The molecule has 2 aliphatic heterocycles. The number of fused-ring (bicyclic) bond motifs is 1. The first-order valence-electron chi connectivity index (χ1n) is 8.68. The Kier molecular flexibility index (Phi) is 5.76. The number of aliphatic hydroxyl groups excluding tert-OH is 1. The van der Waals surface area contributed by atoms with Crippen molar-refractivity contribution in [3.8, 4) is 0 Å². The molecule has 2 aromatic carbocycles. The maximum atomic E-state index is 10.9. The zero-order valence-electron chi connectivity index (χ0n) is 14.4. The summed E-state index contributed by atoms with van der Waals surface area (Å²) in [5.74, 6) is 0. The van der Waals surface area contributed by atoms with Crippen molar-refractivity contribution >= 4 is 19.4 Å². The normalized spacial score (nSPS) is 32.9. The molecule has 1 unspecified atom stereocenters. The van der Waals surface area contributed by atoms with E-state index in [-0.39, 0.29) is 20.0 Å². The van der Waals surface area contributed by atoms with Gasteiger partial charge in [0.2, 0.25) is 0 Å². The van der Waals surface area contributed by atoms with Crippen LogP contribution in [0.1, 0.15) is 11.9 Å². The van der Waals surface area contributed by atoms with Crippen molar-refractivity contribution in [1.29, 1.82) is 0 Å². The van der Waals surface area contributed by atoms with Crippen LogP contribution in [0.3, 0.4) is 0 Å². The molecule has 0 aliphatic carbocycles. The summed E-state index contributed by atoms with van der Waals surface area (Å²) in [6.07, 6.45) is -2.54. The predicted octanol–water partition coefficient (Wildman–Crippen LogP) is 1.90. The Labute approximate surface area is 163 Å². The van der Waals surface area contributed by atoms with Crippen molar-refractivity contribution in [3.05, 3.63) is 76.7 Å². The first kappa shape index (κ1) is 18.5. The van der Waals surface area contributed by atoms with E-state index >= 15 is 0 Å². The summed E-state index contributed by atoms with van der Waals surface area (Å²) in [7, 11) is 0. The molecule has 6 atom stereocenters. The van der Waals surface area contributed by atoms with Gasteiger partial charge in [-0.15, -0.1) is 0 Å². The molecule has 2 aliphatic rings. The number of benzene rings is 2. The second-order valence-electron chi connectivity index (χ2n) is 6.34. The van der Waals surface area contributed by atoms with E-state index in [4.69, 9.17) is 19.7 Å². The Morgan fingerprint density at radius 2 is 1.74 bits per heavy atom. The molecule has 0 spiro atoms. The van der Waals surface area contributed by atoms with Crippen molar-refractivity contribution in [2.45, 2.75) is 35.6 Å². The van der Waals surface area contributed by atoms with E-state index < -0.39 is 30.6 Å². The molecule has 0 amide bonds. The summed E-state index contributed by atoms with van der Waals surface area (Å²) in [4.78, 5) is 2.92. The van der Waals surface area contributed by atoms with Crippen LogP contribution in [0, 0.1) is 0 Å². The van der Waals surface area contributed by atoms with Gasteiger partial charge < -0.3 is 0 Å². The number of hydrogen-bond acceptors (Lipinski definition) is 5. The van der Waals surface area contributed by atoms with Gasteiger partial charge in [0.05, 0.1) is 0 Å². The van der Waals surface area contributed by atoms with Crippen molar-refractivity contribution in [3.63, 3.8) is 0 Å². The second-order valence-corrected chi connectivity index (χ2v) is 8.79. The monoisotopic (exact) mass is 433 g/mol. The molecular formula is C19H19N3O4Se. The van der Waals surface area contributed by atoms with Gasteiger partial charge in [-0.25, -0.2) is 0 Å². The number of ether oxygens (including phenoxy) is 3. The van der Waals surface area contributed by atoms with Crippen LogP contribution in [-0.2, 0) is 14.2 Å². The molecule has 2 heterocycles. The summed E-state index contributed by atoms with van der Waals surface area (Å²) in [5.41, 5.74) is 9.85. The Hall–Kier alpha value is -1.89. The Morgan fingerprint density at radius 3 is 2.44 bits per heavy atom. The minimum atomic E-state index is -0.953. The van der Waals surface area contributed by atoms with Crippen LogP contribution in [0.15, 0.2) is 65.8 Å². The molecule has 2 saturated heterocycles. The average molecular weight is 432 g/mol. The summed E-state index contributed by atoms with van der Waals surface area (Å²) in [6.45, 7) is 0.311. The molecule has 0 saturated carbocycles. The van der Waals surface area contributed by atoms with Crippen molar-refractivity contribution in [2.24, 2.45) is 5.11 Å². The molecule has 140 valence electrons. The summed E-state index contributed by atoms with van der Waals surface area (Å²) >= 11 is -0.123. The van der Waals surface area contributed by atoms with Gasteiger partial charge >= 0.3 is 163 Å². The molecule has 2 aromatic rings. The van der Waals surface area contributed by atoms with Crippen LogP contribution in [0.25, 0.3) is 10.4 Å². The topological polar surface area (TPSA) is 96.7 Å². The molecule has 2 fully saturated rings. The zero-order valence-corrected chi connectivity index (χ0v) is 16.1. The fourth-order valence-corrected chi connectivity index (χ4v) is 5.65. The van der Waals surface area contributed by atoms with Gasteiger partial charge in [-0.2, -0.15) is 0 Å². The van der Waals surface area contributed by atoms with Gasteiger partial charge in [0.25, 0.3) is 0 Å². The third-order valence-corrected chi connectivity index (χ3v) is 7.03. The van der Waals surface area contributed by atoms with E-state index in [1.165, 1.54) is 0 Å². The van der Waals surface area contributed by atoms with Gasteiger partial charge in [0.1, 0.15) is 0 Å². The number of aliphatic hydroxyl groups is 1. The first-order chi connectivity index (χ1) is 13.3. The third kappa shape index (κ3) is 4.03. The Bertz CT molecular complexity index is 803. The van der Waals surface area contributed by atoms with Crippen LogP contribution in [0.5, 0.6) is 0 Å². The van der Waals surface area contributed by atoms with E-state index in [9.17, 15) is 5.11 Å². The quantitative estimate of drug-likeness (QED) is 0.346. The molecule has 0 aromatic heterocycles. The molecule has 0 bridgehead atoms. The SMILES string of the molecule is [N-]=[N+]=N[C@@H]1[C@@H](O)[C@H]2OC(c3ccccc3)OC[C@H]2O[C@@H]1[Se]c1ccccc1. The Morgan fingerprint density at radius 1 is 1.04 bits per heavy atom. The van der Waals surface area contributed by atoms with E-state index in [1.807, 2.05) is 60.7 Å². The Balaban J connectivity index is 1.53. The molecule has 27 heavy (non-hydrogen) atoms. The first-order valence-corrected chi connectivity index (χ1v) is 10.5. The standard InChI is InChI=1S/C19H19N3O4Se/c20-22-21-15-16(23)17-14(25-19(15)27-13-9-5-2-6-10-13)11-24-18(26-17)12-7-3-1-4-8-12/h1-10,14-19,23H,11H2/t14-,15-,16-,17+,18?,19-/m1/s1.